The van der Waals surface area contributed by atoms with E-state index in [9.17, 15) is 22.0 Å². The lowest BCUT2D eigenvalue weighted by Crippen LogP contribution is -2.13. The lowest BCUT2D eigenvalue weighted by Gasteiger charge is -2.07. The maximum atomic E-state index is 12.4. The number of hydrogen-bond donors (Lipinski definition) is 1. The van der Waals surface area contributed by atoms with E-state index in [-0.39, 0.29) is 5.91 Å². The van der Waals surface area contributed by atoms with Crippen LogP contribution in [0.25, 0.3) is 0 Å². The molecule has 1 amide bonds. The van der Waals surface area contributed by atoms with E-state index in [0.717, 1.165) is 15.7 Å². The number of hydrogen-bond acceptors (Lipinski definition) is 3. The highest BCUT2D eigenvalue weighted by molar-refractivity contribution is 14.1. The average Bonchev–Trinajstić information content (AvgIpc) is 2.47. The van der Waals surface area contributed by atoms with Crippen LogP contribution in [0.15, 0.2) is 53.4 Å². The van der Waals surface area contributed by atoms with Gasteiger partial charge in [0.05, 0.1) is 4.90 Å². The van der Waals surface area contributed by atoms with E-state index in [4.69, 9.17) is 0 Å². The average molecular weight is 437 g/mol. The monoisotopic (exact) mass is 437 g/mol. The van der Waals surface area contributed by atoms with Crippen molar-refractivity contribution in [2.75, 3.05) is 5.32 Å². The summed E-state index contributed by atoms with van der Waals surface area (Å²) in [5.41, 5.74) is 0.758. The first-order chi connectivity index (χ1) is 10.3. The predicted octanol–water partition coefficient (Wildman–Crippen LogP) is 3.54. The molecule has 0 spiro atoms. The van der Waals surface area contributed by atoms with Gasteiger partial charge in [-0.3, -0.25) is 4.79 Å². The summed E-state index contributed by atoms with van der Waals surface area (Å²) in [6.07, 6.45) is 0. The molecule has 0 aliphatic carbocycles. The summed E-state index contributed by atoms with van der Waals surface area (Å²) < 4.78 is 48.3. The number of nitrogens with one attached hydrogen (secondary N) is 1. The Balaban J connectivity index is 2.17. The van der Waals surface area contributed by atoms with Crippen LogP contribution < -0.4 is 5.32 Å². The molecule has 0 aliphatic heterocycles. The molecular formula is C14H10F2INO3S. The zero-order valence-electron chi connectivity index (χ0n) is 11.0. The highest BCUT2D eigenvalue weighted by Crippen LogP contribution is 2.20. The Bertz CT molecular complexity index is 792. The van der Waals surface area contributed by atoms with Gasteiger partial charge in [0.2, 0.25) is 9.84 Å². The minimum absolute atomic E-state index is 0.317. The van der Waals surface area contributed by atoms with Gasteiger partial charge >= 0.3 is 5.76 Å². The van der Waals surface area contributed by atoms with Crippen molar-refractivity contribution in [3.05, 3.63) is 57.7 Å². The Labute approximate surface area is 139 Å². The number of amides is 1. The van der Waals surface area contributed by atoms with Crippen LogP contribution in [0.1, 0.15) is 10.4 Å². The Morgan fingerprint density at radius 3 is 2.27 bits per heavy atom. The number of alkyl halides is 2. The third kappa shape index (κ3) is 3.80. The standard InChI is InChI=1S/C14H10F2INO3S/c15-14(16)22(20,21)12-6-4-11(5-7-12)18-13(19)9-2-1-3-10(17)8-9/h1-8,14H,(H,18,19). The Morgan fingerprint density at radius 2 is 1.73 bits per heavy atom. The summed E-state index contributed by atoms with van der Waals surface area (Å²) in [7, 11) is -4.63. The van der Waals surface area contributed by atoms with Gasteiger partial charge in [-0.15, -0.1) is 0 Å². The third-order valence-corrected chi connectivity index (χ3v) is 4.83. The van der Waals surface area contributed by atoms with Crippen LogP contribution >= 0.6 is 22.6 Å². The van der Waals surface area contributed by atoms with Crippen LogP contribution in [-0.2, 0) is 9.84 Å². The molecule has 0 saturated carbocycles. The molecule has 2 aromatic rings. The number of carbonyl (C=O) groups excluding carboxylic acids is 1. The van der Waals surface area contributed by atoms with Crippen molar-refractivity contribution < 1.29 is 22.0 Å². The van der Waals surface area contributed by atoms with Gasteiger partial charge in [-0.05, 0) is 65.1 Å². The van der Waals surface area contributed by atoms with Crippen molar-refractivity contribution >= 4 is 44.0 Å². The number of benzene rings is 2. The van der Waals surface area contributed by atoms with Crippen LogP contribution in [0, 0.1) is 3.57 Å². The smallest absolute Gasteiger partial charge is 0.322 e. The molecule has 2 rings (SSSR count). The molecule has 8 heteroatoms. The quantitative estimate of drug-likeness (QED) is 0.745. The second kappa shape index (κ2) is 6.69. The van der Waals surface area contributed by atoms with Gasteiger partial charge < -0.3 is 5.32 Å². The van der Waals surface area contributed by atoms with E-state index < -0.39 is 20.5 Å². The first-order valence-electron chi connectivity index (χ1n) is 6.00. The summed E-state index contributed by atoms with van der Waals surface area (Å²) in [4.78, 5) is 11.5. The largest absolute Gasteiger partial charge is 0.341 e. The summed E-state index contributed by atoms with van der Waals surface area (Å²) in [6.45, 7) is 0. The molecule has 116 valence electrons. The fraction of sp³-hybridized carbons (Fsp3) is 0.0714. The molecule has 0 atom stereocenters. The Hall–Kier alpha value is -1.55. The van der Waals surface area contributed by atoms with E-state index in [1.54, 1.807) is 18.2 Å². The highest BCUT2D eigenvalue weighted by Gasteiger charge is 2.26. The van der Waals surface area contributed by atoms with Crippen molar-refractivity contribution in [1.82, 2.24) is 0 Å². The normalized spacial score (nSPS) is 11.5. The zero-order valence-corrected chi connectivity index (χ0v) is 13.9. The van der Waals surface area contributed by atoms with Crippen LogP contribution in [0.4, 0.5) is 14.5 Å². The van der Waals surface area contributed by atoms with Gasteiger partial charge in [-0.1, -0.05) is 6.07 Å². The van der Waals surface area contributed by atoms with Crippen molar-refractivity contribution in [3.8, 4) is 0 Å². The third-order valence-electron chi connectivity index (χ3n) is 2.76. The van der Waals surface area contributed by atoms with E-state index in [0.29, 0.717) is 11.3 Å². The number of carbonyl (C=O) groups is 1. The first kappa shape index (κ1) is 16.8. The van der Waals surface area contributed by atoms with Gasteiger partial charge in [0, 0.05) is 14.8 Å². The summed E-state index contributed by atoms with van der Waals surface area (Å²) >= 11 is 2.07. The minimum atomic E-state index is -4.63. The molecule has 0 radical (unpaired) electrons. The van der Waals surface area contributed by atoms with Crippen LogP contribution in [-0.4, -0.2) is 20.1 Å². The van der Waals surface area contributed by atoms with Gasteiger partial charge in [-0.2, -0.15) is 8.78 Å². The van der Waals surface area contributed by atoms with Crippen molar-refractivity contribution in [2.24, 2.45) is 0 Å². The van der Waals surface area contributed by atoms with Crippen molar-refractivity contribution in [3.63, 3.8) is 0 Å². The molecule has 0 aliphatic rings. The fourth-order valence-corrected chi connectivity index (χ4v) is 2.93. The lowest BCUT2D eigenvalue weighted by molar-refractivity contribution is 0.102. The summed E-state index contributed by atoms with van der Waals surface area (Å²) in [6, 6.07) is 11.5. The molecule has 0 heterocycles. The molecule has 0 bridgehead atoms. The van der Waals surface area contributed by atoms with Crippen molar-refractivity contribution in [2.45, 2.75) is 10.7 Å². The number of rotatable bonds is 4. The maximum Gasteiger partial charge on any atom is 0.341 e. The number of anilines is 1. The molecule has 0 unspecified atom stereocenters. The SMILES string of the molecule is O=C(Nc1ccc(S(=O)(=O)C(F)F)cc1)c1cccc(I)c1. The molecule has 0 fully saturated rings. The van der Waals surface area contributed by atoms with Gasteiger partial charge in [-0.25, -0.2) is 8.42 Å². The Kier molecular flexibility index (Phi) is 5.12. The van der Waals surface area contributed by atoms with Gasteiger partial charge in [0.15, 0.2) is 0 Å². The lowest BCUT2D eigenvalue weighted by atomic mass is 10.2. The van der Waals surface area contributed by atoms with E-state index in [1.807, 2.05) is 6.07 Å². The first-order valence-corrected chi connectivity index (χ1v) is 8.62. The highest BCUT2D eigenvalue weighted by atomic mass is 127. The molecule has 2 aromatic carbocycles. The summed E-state index contributed by atoms with van der Waals surface area (Å²) in [5.74, 6) is -3.85. The molecule has 4 nitrogen and oxygen atoms in total. The summed E-state index contributed by atoms with van der Waals surface area (Å²) in [5, 5.41) is 2.57. The van der Waals surface area contributed by atoms with Crippen LogP contribution in [0.3, 0.4) is 0 Å². The van der Waals surface area contributed by atoms with Crippen LogP contribution in [0.2, 0.25) is 0 Å². The second-order valence-electron chi connectivity index (χ2n) is 4.29. The van der Waals surface area contributed by atoms with Gasteiger partial charge in [0.1, 0.15) is 0 Å². The van der Waals surface area contributed by atoms with Crippen molar-refractivity contribution in [1.29, 1.82) is 0 Å². The number of halogens is 3. The topological polar surface area (TPSA) is 63.2 Å². The number of sulfone groups is 1. The van der Waals surface area contributed by atoms with Gasteiger partial charge in [0.25, 0.3) is 5.91 Å². The minimum Gasteiger partial charge on any atom is -0.322 e. The Morgan fingerprint density at radius 1 is 1.09 bits per heavy atom. The zero-order chi connectivity index (χ0) is 16.3. The molecule has 1 N–H and O–H groups in total. The molecule has 0 aromatic heterocycles. The molecular weight excluding hydrogens is 427 g/mol. The van der Waals surface area contributed by atoms with Crippen LogP contribution in [0.5, 0.6) is 0 Å². The second-order valence-corrected chi connectivity index (χ2v) is 7.46. The fourth-order valence-electron chi connectivity index (χ4n) is 1.66. The van der Waals surface area contributed by atoms with E-state index in [1.165, 1.54) is 12.1 Å². The van der Waals surface area contributed by atoms with E-state index >= 15 is 0 Å². The molecule has 22 heavy (non-hydrogen) atoms. The van der Waals surface area contributed by atoms with E-state index in [2.05, 4.69) is 27.9 Å². The molecule has 0 saturated heterocycles. The maximum absolute atomic E-state index is 12.4. The predicted molar refractivity (Wildman–Crippen MR) is 86.7 cm³/mol.